The summed E-state index contributed by atoms with van der Waals surface area (Å²) in [5, 5.41) is 10.2. The Balaban J connectivity index is 2.37. The summed E-state index contributed by atoms with van der Waals surface area (Å²) in [7, 11) is 0. The third-order valence-electron chi connectivity index (χ3n) is 2.87. The van der Waals surface area contributed by atoms with Crippen molar-refractivity contribution in [2.45, 2.75) is 6.10 Å². The molecule has 0 fully saturated rings. The topological polar surface area (TPSA) is 20.2 Å². The lowest BCUT2D eigenvalue weighted by Gasteiger charge is -2.06. The van der Waals surface area contributed by atoms with E-state index in [1.165, 1.54) is 11.1 Å². The molecule has 1 N–H and O–H groups in total. The molecule has 2 heteroatoms. The highest BCUT2D eigenvalue weighted by molar-refractivity contribution is 14.1. The van der Waals surface area contributed by atoms with Crippen LogP contribution in [0.4, 0.5) is 0 Å². The number of benzene rings is 2. The monoisotopic (exact) mass is 308 g/mol. The average molecular weight is 308 g/mol. The fourth-order valence-corrected chi connectivity index (χ4v) is 2.98. The Hall–Kier alpha value is -0.870. The average Bonchev–Trinajstić information content (AvgIpc) is 2.55. The van der Waals surface area contributed by atoms with Crippen molar-refractivity contribution in [2.75, 3.05) is 0 Å². The highest BCUT2D eigenvalue weighted by Gasteiger charge is 2.27. The molecule has 15 heavy (non-hydrogen) atoms. The molecule has 0 aliphatic heterocycles. The van der Waals surface area contributed by atoms with Crippen molar-refractivity contribution in [3.63, 3.8) is 0 Å². The molecule has 0 saturated heterocycles. The molecule has 0 heterocycles. The van der Waals surface area contributed by atoms with Gasteiger partial charge < -0.3 is 5.11 Å². The Kier molecular flexibility index (Phi) is 2.07. The van der Waals surface area contributed by atoms with E-state index in [9.17, 15) is 5.11 Å². The first-order valence-corrected chi connectivity index (χ1v) is 5.92. The van der Waals surface area contributed by atoms with E-state index in [1.54, 1.807) is 0 Å². The molecule has 0 spiro atoms. The summed E-state index contributed by atoms with van der Waals surface area (Å²) >= 11 is 2.28. The molecule has 1 atom stereocenters. The number of hydrogen-bond donors (Lipinski definition) is 1. The fourth-order valence-electron chi connectivity index (χ4n) is 2.19. The molecular formula is C13H9IO. The van der Waals surface area contributed by atoms with E-state index < -0.39 is 6.10 Å². The van der Waals surface area contributed by atoms with Crippen molar-refractivity contribution in [3.05, 3.63) is 57.2 Å². The van der Waals surface area contributed by atoms with Crippen LogP contribution >= 0.6 is 22.6 Å². The predicted molar refractivity (Wildman–Crippen MR) is 68.7 cm³/mol. The van der Waals surface area contributed by atoms with Gasteiger partial charge in [0.1, 0.15) is 6.10 Å². The van der Waals surface area contributed by atoms with Gasteiger partial charge in [0.15, 0.2) is 0 Å². The Labute approximate surface area is 102 Å². The lowest BCUT2D eigenvalue weighted by Crippen LogP contribution is -1.95. The Bertz CT molecular complexity index is 534. The molecule has 74 valence electrons. The van der Waals surface area contributed by atoms with E-state index in [-0.39, 0.29) is 0 Å². The van der Waals surface area contributed by atoms with Gasteiger partial charge in [0.05, 0.1) is 0 Å². The molecule has 0 bridgehead atoms. The maximum atomic E-state index is 10.2. The van der Waals surface area contributed by atoms with Crippen LogP contribution in [-0.2, 0) is 0 Å². The second kappa shape index (κ2) is 3.32. The minimum atomic E-state index is -0.454. The number of hydrogen-bond acceptors (Lipinski definition) is 1. The standard InChI is InChI=1S/C13H9IO/c14-11-7-3-6-9-8-4-1-2-5-10(8)13(15)12(9)11/h1-7,13,15H. The molecule has 2 aromatic carbocycles. The molecule has 1 unspecified atom stereocenters. The molecule has 1 aliphatic carbocycles. The molecule has 0 aromatic heterocycles. The largest absolute Gasteiger partial charge is 0.384 e. The second-order valence-corrected chi connectivity index (χ2v) is 4.85. The molecule has 0 amide bonds. The second-order valence-electron chi connectivity index (χ2n) is 3.69. The predicted octanol–water partition coefficient (Wildman–Crippen LogP) is 3.35. The van der Waals surface area contributed by atoms with Gasteiger partial charge in [-0.05, 0) is 45.3 Å². The van der Waals surface area contributed by atoms with Crippen molar-refractivity contribution in [1.82, 2.24) is 0 Å². The van der Waals surface area contributed by atoms with Crippen molar-refractivity contribution >= 4 is 22.6 Å². The van der Waals surface area contributed by atoms with E-state index in [0.717, 1.165) is 14.7 Å². The van der Waals surface area contributed by atoms with Crippen molar-refractivity contribution in [1.29, 1.82) is 0 Å². The Morgan fingerprint density at radius 3 is 2.53 bits per heavy atom. The van der Waals surface area contributed by atoms with Gasteiger partial charge in [-0.1, -0.05) is 36.4 Å². The van der Waals surface area contributed by atoms with Gasteiger partial charge in [-0.2, -0.15) is 0 Å². The fraction of sp³-hybridized carbons (Fsp3) is 0.0769. The van der Waals surface area contributed by atoms with E-state index in [1.807, 2.05) is 30.3 Å². The highest BCUT2D eigenvalue weighted by Crippen LogP contribution is 2.44. The molecule has 0 radical (unpaired) electrons. The van der Waals surface area contributed by atoms with Crippen LogP contribution in [0.3, 0.4) is 0 Å². The van der Waals surface area contributed by atoms with Gasteiger partial charge >= 0.3 is 0 Å². The number of fused-ring (bicyclic) bond motifs is 3. The zero-order chi connectivity index (χ0) is 10.4. The summed E-state index contributed by atoms with van der Waals surface area (Å²) in [6.45, 7) is 0. The summed E-state index contributed by atoms with van der Waals surface area (Å²) in [6, 6.07) is 14.2. The zero-order valence-corrected chi connectivity index (χ0v) is 10.1. The van der Waals surface area contributed by atoms with Crippen LogP contribution in [0.15, 0.2) is 42.5 Å². The molecular weight excluding hydrogens is 299 g/mol. The minimum absolute atomic E-state index is 0.454. The first-order valence-electron chi connectivity index (χ1n) is 4.85. The Morgan fingerprint density at radius 1 is 0.933 bits per heavy atom. The van der Waals surface area contributed by atoms with Gasteiger partial charge in [0.25, 0.3) is 0 Å². The van der Waals surface area contributed by atoms with Crippen LogP contribution in [0.25, 0.3) is 11.1 Å². The maximum Gasteiger partial charge on any atom is 0.106 e. The van der Waals surface area contributed by atoms with Crippen LogP contribution in [0.2, 0.25) is 0 Å². The summed E-state index contributed by atoms with van der Waals surface area (Å²) in [5.41, 5.74) is 4.42. The molecule has 1 aliphatic rings. The quantitative estimate of drug-likeness (QED) is 0.740. The minimum Gasteiger partial charge on any atom is -0.384 e. The summed E-state index contributed by atoms with van der Waals surface area (Å²) in [4.78, 5) is 0. The normalized spacial score (nSPS) is 17.3. The summed E-state index contributed by atoms with van der Waals surface area (Å²) < 4.78 is 1.13. The molecule has 0 saturated carbocycles. The summed E-state index contributed by atoms with van der Waals surface area (Å²) in [5.74, 6) is 0. The van der Waals surface area contributed by atoms with E-state index in [0.29, 0.717) is 0 Å². The number of aliphatic hydroxyl groups excluding tert-OH is 1. The van der Waals surface area contributed by atoms with Crippen molar-refractivity contribution < 1.29 is 5.11 Å². The number of rotatable bonds is 0. The summed E-state index contributed by atoms with van der Waals surface area (Å²) in [6.07, 6.45) is -0.454. The molecule has 1 nitrogen and oxygen atoms in total. The first-order chi connectivity index (χ1) is 7.29. The zero-order valence-electron chi connectivity index (χ0n) is 7.94. The Morgan fingerprint density at radius 2 is 1.67 bits per heavy atom. The van der Waals surface area contributed by atoms with Crippen LogP contribution < -0.4 is 0 Å². The van der Waals surface area contributed by atoms with Crippen LogP contribution in [0.1, 0.15) is 17.2 Å². The third kappa shape index (κ3) is 1.25. The van der Waals surface area contributed by atoms with Crippen molar-refractivity contribution in [2.24, 2.45) is 0 Å². The van der Waals surface area contributed by atoms with Gasteiger partial charge in [0, 0.05) is 9.13 Å². The van der Waals surface area contributed by atoms with Crippen LogP contribution in [-0.4, -0.2) is 5.11 Å². The molecule has 3 rings (SSSR count). The first kappa shape index (κ1) is 9.36. The van der Waals surface area contributed by atoms with Gasteiger partial charge in [-0.15, -0.1) is 0 Å². The third-order valence-corrected chi connectivity index (χ3v) is 3.81. The lowest BCUT2D eigenvalue weighted by molar-refractivity contribution is 0.224. The molecule has 2 aromatic rings. The maximum absolute atomic E-state index is 10.2. The van der Waals surface area contributed by atoms with E-state index in [2.05, 4.69) is 34.7 Å². The number of halogens is 1. The van der Waals surface area contributed by atoms with Crippen LogP contribution in [0.5, 0.6) is 0 Å². The van der Waals surface area contributed by atoms with Crippen LogP contribution in [0, 0.1) is 3.57 Å². The SMILES string of the molecule is OC1c2ccccc2-c2cccc(I)c21. The van der Waals surface area contributed by atoms with Gasteiger partial charge in [-0.25, -0.2) is 0 Å². The van der Waals surface area contributed by atoms with Crippen molar-refractivity contribution in [3.8, 4) is 11.1 Å². The van der Waals surface area contributed by atoms with Gasteiger partial charge in [0.2, 0.25) is 0 Å². The smallest absolute Gasteiger partial charge is 0.106 e. The number of aliphatic hydroxyl groups is 1. The highest BCUT2D eigenvalue weighted by atomic mass is 127. The van der Waals surface area contributed by atoms with Gasteiger partial charge in [-0.3, -0.25) is 0 Å². The van der Waals surface area contributed by atoms with E-state index >= 15 is 0 Å². The lowest BCUT2D eigenvalue weighted by atomic mass is 10.1. The van der Waals surface area contributed by atoms with E-state index in [4.69, 9.17) is 0 Å².